The van der Waals surface area contributed by atoms with E-state index >= 15 is 0 Å². The first-order valence-corrected chi connectivity index (χ1v) is 14.6. The predicted octanol–water partition coefficient (Wildman–Crippen LogP) is 9.87. The molecule has 0 bridgehead atoms. The number of furan rings is 1. The van der Waals surface area contributed by atoms with Crippen molar-refractivity contribution < 1.29 is 4.42 Å². The molecule has 9 rings (SSSR count). The monoisotopic (exact) mass is 564 g/mol. The highest BCUT2D eigenvalue weighted by Crippen LogP contribution is 2.40. The minimum atomic E-state index is 0.604. The van der Waals surface area contributed by atoms with Crippen LogP contribution in [0.3, 0.4) is 0 Å². The summed E-state index contributed by atoms with van der Waals surface area (Å²) in [4.78, 5) is 15.0. The summed E-state index contributed by atoms with van der Waals surface area (Å²) in [6.45, 7) is 0. The third kappa shape index (κ3) is 3.83. The molecule has 0 aliphatic rings. The van der Waals surface area contributed by atoms with Gasteiger partial charge in [0.15, 0.2) is 23.1 Å². The Balaban J connectivity index is 1.39. The molecular weight excluding hydrogens is 540 g/mol. The summed E-state index contributed by atoms with van der Waals surface area (Å²) < 4.78 is 8.91. The first-order valence-electron chi connectivity index (χ1n) is 14.6. The molecule has 3 heterocycles. The van der Waals surface area contributed by atoms with Gasteiger partial charge >= 0.3 is 0 Å². The molecule has 0 radical (unpaired) electrons. The van der Waals surface area contributed by atoms with Crippen molar-refractivity contribution in [2.24, 2.45) is 0 Å². The summed E-state index contributed by atoms with van der Waals surface area (Å²) in [7, 11) is 0. The summed E-state index contributed by atoms with van der Waals surface area (Å²) in [5.41, 5.74) is 7.58. The fraction of sp³-hybridized carbons (Fsp3) is 0. The van der Waals surface area contributed by atoms with Crippen LogP contribution in [0.15, 0.2) is 150 Å². The fourth-order valence-corrected chi connectivity index (χ4v) is 6.22. The third-order valence-electron chi connectivity index (χ3n) is 8.24. The Hall–Kier alpha value is -6.07. The van der Waals surface area contributed by atoms with Crippen molar-refractivity contribution in [2.75, 3.05) is 0 Å². The largest absolute Gasteiger partial charge is 0.454 e. The topological polar surface area (TPSA) is 56.7 Å². The molecule has 0 aliphatic heterocycles. The summed E-state index contributed by atoms with van der Waals surface area (Å²) in [5.74, 6) is 1.86. The molecule has 0 unspecified atom stereocenters. The minimum Gasteiger partial charge on any atom is -0.454 e. The van der Waals surface area contributed by atoms with Crippen LogP contribution < -0.4 is 0 Å². The normalized spacial score (nSPS) is 11.6. The predicted molar refractivity (Wildman–Crippen MR) is 178 cm³/mol. The lowest BCUT2D eigenvalue weighted by Gasteiger charge is -2.12. The van der Waals surface area contributed by atoms with Crippen molar-refractivity contribution >= 4 is 43.7 Å². The van der Waals surface area contributed by atoms with E-state index in [1.807, 2.05) is 78.9 Å². The molecule has 44 heavy (non-hydrogen) atoms. The Labute approximate surface area is 252 Å². The van der Waals surface area contributed by atoms with E-state index in [0.29, 0.717) is 17.5 Å². The molecule has 0 aliphatic carbocycles. The van der Waals surface area contributed by atoms with Crippen LogP contribution in [0.1, 0.15) is 0 Å². The second-order valence-corrected chi connectivity index (χ2v) is 10.9. The number of para-hydroxylation sites is 3. The highest BCUT2D eigenvalue weighted by molar-refractivity contribution is 6.13. The molecule has 0 atom stereocenters. The molecule has 0 amide bonds. The molecule has 0 saturated heterocycles. The molecule has 6 aromatic carbocycles. The lowest BCUT2D eigenvalue weighted by Crippen LogP contribution is -2.01. The van der Waals surface area contributed by atoms with Gasteiger partial charge in [-0.25, -0.2) is 15.0 Å². The van der Waals surface area contributed by atoms with E-state index in [2.05, 4.69) is 71.3 Å². The lowest BCUT2D eigenvalue weighted by molar-refractivity contribution is 0.666. The van der Waals surface area contributed by atoms with E-state index in [9.17, 15) is 0 Å². The van der Waals surface area contributed by atoms with Gasteiger partial charge in [-0.1, -0.05) is 115 Å². The van der Waals surface area contributed by atoms with Crippen molar-refractivity contribution in [1.29, 1.82) is 0 Å². The maximum Gasteiger partial charge on any atom is 0.164 e. The van der Waals surface area contributed by atoms with Gasteiger partial charge in [0, 0.05) is 38.2 Å². The number of fused-ring (bicyclic) bond motifs is 6. The van der Waals surface area contributed by atoms with Gasteiger partial charge in [-0.15, -0.1) is 0 Å². The van der Waals surface area contributed by atoms with E-state index in [1.54, 1.807) is 0 Å². The molecule has 0 spiro atoms. The number of aromatic nitrogens is 4. The minimum absolute atomic E-state index is 0.604. The van der Waals surface area contributed by atoms with Gasteiger partial charge in [0.25, 0.3) is 0 Å². The third-order valence-corrected chi connectivity index (χ3v) is 8.24. The second-order valence-electron chi connectivity index (χ2n) is 10.9. The molecule has 206 valence electrons. The number of rotatable bonds is 4. The summed E-state index contributed by atoms with van der Waals surface area (Å²) in [5, 5.41) is 4.44. The molecule has 0 saturated carbocycles. The van der Waals surface area contributed by atoms with Gasteiger partial charge in [0.2, 0.25) is 0 Å². The van der Waals surface area contributed by atoms with Gasteiger partial charge in [-0.05, 0) is 30.3 Å². The van der Waals surface area contributed by atoms with Crippen LogP contribution in [0, 0.1) is 0 Å². The van der Waals surface area contributed by atoms with Crippen LogP contribution in [0.5, 0.6) is 0 Å². The Morgan fingerprint density at radius 1 is 0.409 bits per heavy atom. The molecule has 3 aromatic heterocycles. The van der Waals surface area contributed by atoms with Gasteiger partial charge in [-0.2, -0.15) is 0 Å². The maximum absolute atomic E-state index is 6.61. The average molecular weight is 565 g/mol. The number of hydrogen-bond donors (Lipinski definition) is 0. The summed E-state index contributed by atoms with van der Waals surface area (Å²) in [6, 6.07) is 49.7. The molecule has 9 aromatic rings. The van der Waals surface area contributed by atoms with E-state index in [1.165, 1.54) is 10.8 Å². The van der Waals surface area contributed by atoms with Crippen LogP contribution in [-0.4, -0.2) is 19.5 Å². The fourth-order valence-electron chi connectivity index (χ4n) is 6.22. The van der Waals surface area contributed by atoms with Crippen LogP contribution in [0.4, 0.5) is 0 Å². The standard InChI is InChI=1S/C39H24N4O/c1-3-13-25(14-4-1)37-40-38(26-15-5-2-6-16-26)42-39(41-37)27-23-31-30-19-9-12-22-35(30)44-36(31)34(24-27)43-32-20-10-7-17-28(32)29-18-8-11-21-33(29)43/h1-24H. The van der Waals surface area contributed by atoms with Gasteiger partial charge in [0.05, 0.1) is 16.7 Å². The number of benzene rings is 6. The summed E-state index contributed by atoms with van der Waals surface area (Å²) in [6.07, 6.45) is 0. The average Bonchev–Trinajstić information content (AvgIpc) is 3.64. The molecule has 5 heteroatoms. The maximum atomic E-state index is 6.61. The molecule has 0 N–H and O–H groups in total. The van der Waals surface area contributed by atoms with Crippen LogP contribution in [0.2, 0.25) is 0 Å². The highest BCUT2D eigenvalue weighted by Gasteiger charge is 2.21. The van der Waals surface area contributed by atoms with Gasteiger partial charge in [-0.3, -0.25) is 0 Å². The van der Waals surface area contributed by atoms with Gasteiger partial charge < -0.3 is 8.98 Å². The smallest absolute Gasteiger partial charge is 0.164 e. The number of hydrogen-bond acceptors (Lipinski definition) is 4. The Bertz CT molecular complexity index is 2380. The molecule has 5 nitrogen and oxygen atoms in total. The Kier molecular flexibility index (Phi) is 5.43. The zero-order valence-corrected chi connectivity index (χ0v) is 23.6. The zero-order chi connectivity index (χ0) is 29.0. The Morgan fingerprint density at radius 3 is 1.48 bits per heavy atom. The second kappa shape index (κ2) is 9.75. The van der Waals surface area contributed by atoms with E-state index in [0.717, 1.165) is 55.3 Å². The zero-order valence-electron chi connectivity index (χ0n) is 23.6. The van der Waals surface area contributed by atoms with E-state index in [-0.39, 0.29) is 0 Å². The first-order chi connectivity index (χ1) is 21.8. The quantitative estimate of drug-likeness (QED) is 0.213. The van der Waals surface area contributed by atoms with Crippen LogP contribution >= 0.6 is 0 Å². The van der Waals surface area contributed by atoms with Gasteiger partial charge in [0.1, 0.15) is 5.58 Å². The SMILES string of the molecule is c1ccc(-c2nc(-c3ccccc3)nc(-c3cc(-n4c5ccccc5c5ccccc54)c4oc5ccccc5c4c3)n2)cc1. The number of nitrogens with zero attached hydrogens (tertiary/aromatic N) is 4. The van der Waals surface area contributed by atoms with Crippen molar-refractivity contribution in [3.63, 3.8) is 0 Å². The van der Waals surface area contributed by atoms with Crippen LogP contribution in [0.25, 0.3) is 83.6 Å². The highest BCUT2D eigenvalue weighted by atomic mass is 16.3. The van der Waals surface area contributed by atoms with Crippen molar-refractivity contribution in [3.05, 3.63) is 146 Å². The van der Waals surface area contributed by atoms with Crippen LogP contribution in [-0.2, 0) is 0 Å². The van der Waals surface area contributed by atoms with Crippen molar-refractivity contribution in [2.45, 2.75) is 0 Å². The lowest BCUT2D eigenvalue weighted by atomic mass is 10.1. The van der Waals surface area contributed by atoms with Crippen molar-refractivity contribution in [3.8, 4) is 39.9 Å². The van der Waals surface area contributed by atoms with E-state index < -0.39 is 0 Å². The molecular formula is C39H24N4O. The first kappa shape index (κ1) is 24.5. The molecule has 0 fully saturated rings. The van der Waals surface area contributed by atoms with E-state index in [4.69, 9.17) is 19.4 Å². The Morgan fingerprint density at radius 2 is 0.886 bits per heavy atom. The summed E-state index contributed by atoms with van der Waals surface area (Å²) >= 11 is 0. The van der Waals surface area contributed by atoms with Crippen molar-refractivity contribution in [1.82, 2.24) is 19.5 Å².